The quantitative estimate of drug-likeness (QED) is 0.779. The van der Waals surface area contributed by atoms with Crippen molar-refractivity contribution in [3.05, 3.63) is 29.6 Å². The Kier molecular flexibility index (Phi) is 4.04. The SMILES string of the molecule is CC[C@H](NC(=O)c1cc(F)ccc1O)C1CC(O)C1. The van der Waals surface area contributed by atoms with Crippen molar-refractivity contribution >= 4 is 5.91 Å². The van der Waals surface area contributed by atoms with Crippen molar-refractivity contribution in [1.82, 2.24) is 5.32 Å². The van der Waals surface area contributed by atoms with E-state index in [0.717, 1.165) is 24.6 Å². The van der Waals surface area contributed by atoms with Crippen molar-refractivity contribution in [2.45, 2.75) is 38.3 Å². The van der Waals surface area contributed by atoms with Gasteiger partial charge in [-0.25, -0.2) is 4.39 Å². The van der Waals surface area contributed by atoms with Gasteiger partial charge in [-0.15, -0.1) is 0 Å². The van der Waals surface area contributed by atoms with E-state index in [9.17, 15) is 19.4 Å². The molecule has 0 bridgehead atoms. The molecule has 1 atom stereocenters. The fourth-order valence-electron chi connectivity index (χ4n) is 2.45. The highest BCUT2D eigenvalue weighted by molar-refractivity contribution is 5.97. The highest BCUT2D eigenvalue weighted by atomic mass is 19.1. The smallest absolute Gasteiger partial charge is 0.255 e. The Balaban J connectivity index is 2.05. The fraction of sp³-hybridized carbons (Fsp3) is 0.500. The van der Waals surface area contributed by atoms with Crippen LogP contribution in [0.15, 0.2) is 18.2 Å². The molecule has 2 rings (SSSR count). The summed E-state index contributed by atoms with van der Waals surface area (Å²) in [5.74, 6) is -1.03. The minimum atomic E-state index is -0.560. The van der Waals surface area contributed by atoms with Crippen LogP contribution in [0.3, 0.4) is 0 Å². The van der Waals surface area contributed by atoms with Gasteiger partial charge in [0.05, 0.1) is 11.7 Å². The summed E-state index contributed by atoms with van der Waals surface area (Å²) < 4.78 is 13.1. The average Bonchev–Trinajstić information content (AvgIpc) is 2.35. The Labute approximate surface area is 111 Å². The molecular formula is C14H18FNO3. The Morgan fingerprint density at radius 3 is 2.79 bits per heavy atom. The zero-order valence-electron chi connectivity index (χ0n) is 10.8. The maximum absolute atomic E-state index is 13.1. The normalized spacial score (nSPS) is 23.5. The lowest BCUT2D eigenvalue weighted by Gasteiger charge is -2.37. The Morgan fingerprint density at radius 2 is 2.21 bits per heavy atom. The number of benzene rings is 1. The zero-order valence-corrected chi connectivity index (χ0v) is 10.8. The highest BCUT2D eigenvalue weighted by Gasteiger charge is 2.34. The first-order valence-corrected chi connectivity index (χ1v) is 6.48. The number of carbonyl (C=O) groups is 1. The molecule has 0 spiro atoms. The first kappa shape index (κ1) is 13.8. The summed E-state index contributed by atoms with van der Waals surface area (Å²) in [7, 11) is 0. The van der Waals surface area contributed by atoms with Crippen LogP contribution in [0, 0.1) is 11.7 Å². The fourth-order valence-corrected chi connectivity index (χ4v) is 2.45. The molecular weight excluding hydrogens is 249 g/mol. The number of phenols is 1. The predicted molar refractivity (Wildman–Crippen MR) is 68.3 cm³/mol. The van der Waals surface area contributed by atoms with Crippen molar-refractivity contribution in [2.24, 2.45) is 5.92 Å². The van der Waals surface area contributed by atoms with Gasteiger partial charge in [0, 0.05) is 6.04 Å². The lowest BCUT2D eigenvalue weighted by atomic mass is 9.76. The summed E-state index contributed by atoms with van der Waals surface area (Å²) in [5.41, 5.74) is -0.0571. The van der Waals surface area contributed by atoms with E-state index >= 15 is 0 Å². The number of carbonyl (C=O) groups excluding carboxylic acids is 1. The molecule has 0 heterocycles. The highest BCUT2D eigenvalue weighted by Crippen LogP contribution is 2.31. The monoisotopic (exact) mass is 267 g/mol. The van der Waals surface area contributed by atoms with Gasteiger partial charge in [0.25, 0.3) is 5.91 Å². The van der Waals surface area contributed by atoms with Gasteiger partial charge in [-0.3, -0.25) is 4.79 Å². The molecule has 1 fully saturated rings. The maximum atomic E-state index is 13.1. The topological polar surface area (TPSA) is 69.6 Å². The van der Waals surface area contributed by atoms with Crippen LogP contribution in [0.4, 0.5) is 4.39 Å². The predicted octanol–water partition coefficient (Wildman–Crippen LogP) is 1.81. The molecule has 0 aliphatic heterocycles. The van der Waals surface area contributed by atoms with E-state index in [2.05, 4.69) is 5.32 Å². The summed E-state index contributed by atoms with van der Waals surface area (Å²) >= 11 is 0. The van der Waals surface area contributed by atoms with E-state index in [-0.39, 0.29) is 29.4 Å². The number of aliphatic hydroxyl groups excluding tert-OH is 1. The van der Waals surface area contributed by atoms with Gasteiger partial charge in [0.2, 0.25) is 0 Å². The molecule has 1 aromatic rings. The minimum absolute atomic E-state index is 0.0569. The molecule has 1 amide bonds. The van der Waals surface area contributed by atoms with Gasteiger partial charge in [0.15, 0.2) is 0 Å². The third-order valence-electron chi connectivity index (χ3n) is 3.68. The number of hydrogen-bond acceptors (Lipinski definition) is 3. The van der Waals surface area contributed by atoms with Crippen molar-refractivity contribution < 1.29 is 19.4 Å². The molecule has 104 valence electrons. The minimum Gasteiger partial charge on any atom is -0.507 e. The summed E-state index contributed by atoms with van der Waals surface area (Å²) in [4.78, 5) is 12.0. The number of aromatic hydroxyl groups is 1. The standard InChI is InChI=1S/C14H18FNO3/c1-2-12(8-5-10(17)6-8)16-14(19)11-7-9(15)3-4-13(11)18/h3-4,7-8,10,12,17-18H,2,5-6H2,1H3,(H,16,19)/t8?,10?,12-/m0/s1. The lowest BCUT2D eigenvalue weighted by Crippen LogP contribution is -2.46. The maximum Gasteiger partial charge on any atom is 0.255 e. The molecule has 3 N–H and O–H groups in total. The number of aliphatic hydroxyl groups is 1. The van der Waals surface area contributed by atoms with Gasteiger partial charge in [-0.05, 0) is 43.4 Å². The summed E-state index contributed by atoms with van der Waals surface area (Å²) in [5, 5.41) is 21.7. The van der Waals surface area contributed by atoms with E-state index in [4.69, 9.17) is 0 Å². The van der Waals surface area contributed by atoms with E-state index < -0.39 is 11.7 Å². The third-order valence-corrected chi connectivity index (χ3v) is 3.68. The number of hydrogen-bond donors (Lipinski definition) is 3. The number of phenolic OH excluding ortho intramolecular Hbond substituents is 1. The van der Waals surface area contributed by atoms with Crippen LogP contribution < -0.4 is 5.32 Å². The average molecular weight is 267 g/mol. The van der Waals surface area contributed by atoms with Crippen molar-refractivity contribution in [3.8, 4) is 5.75 Å². The molecule has 1 aromatic carbocycles. The Hall–Kier alpha value is -1.62. The Bertz CT molecular complexity index is 472. The molecule has 0 unspecified atom stereocenters. The second-order valence-electron chi connectivity index (χ2n) is 5.03. The van der Waals surface area contributed by atoms with Gasteiger partial charge in [-0.1, -0.05) is 6.92 Å². The van der Waals surface area contributed by atoms with Gasteiger partial charge in [-0.2, -0.15) is 0 Å². The summed E-state index contributed by atoms with van der Waals surface area (Å²) in [6.45, 7) is 1.95. The van der Waals surface area contributed by atoms with Crippen LogP contribution in [-0.4, -0.2) is 28.3 Å². The van der Waals surface area contributed by atoms with Crippen LogP contribution >= 0.6 is 0 Å². The molecule has 1 aliphatic carbocycles. The Morgan fingerprint density at radius 1 is 1.53 bits per heavy atom. The first-order valence-electron chi connectivity index (χ1n) is 6.48. The molecule has 0 radical (unpaired) electrons. The van der Waals surface area contributed by atoms with Crippen LogP contribution in [-0.2, 0) is 0 Å². The van der Waals surface area contributed by atoms with Crippen LogP contribution in [0.1, 0.15) is 36.5 Å². The second kappa shape index (κ2) is 5.57. The van der Waals surface area contributed by atoms with Crippen molar-refractivity contribution in [1.29, 1.82) is 0 Å². The molecule has 0 aromatic heterocycles. The van der Waals surface area contributed by atoms with Crippen LogP contribution in [0.2, 0.25) is 0 Å². The molecule has 1 saturated carbocycles. The van der Waals surface area contributed by atoms with Gasteiger partial charge < -0.3 is 15.5 Å². The van der Waals surface area contributed by atoms with E-state index in [0.29, 0.717) is 12.8 Å². The third kappa shape index (κ3) is 3.04. The molecule has 1 aliphatic rings. The zero-order chi connectivity index (χ0) is 14.0. The summed E-state index contributed by atoms with van der Waals surface area (Å²) in [6, 6.07) is 3.23. The molecule has 4 nitrogen and oxygen atoms in total. The van der Waals surface area contributed by atoms with Crippen LogP contribution in [0.25, 0.3) is 0 Å². The number of rotatable bonds is 4. The van der Waals surface area contributed by atoms with Crippen LogP contribution in [0.5, 0.6) is 5.75 Å². The van der Waals surface area contributed by atoms with Crippen molar-refractivity contribution in [2.75, 3.05) is 0 Å². The van der Waals surface area contributed by atoms with Crippen molar-refractivity contribution in [3.63, 3.8) is 0 Å². The van der Waals surface area contributed by atoms with E-state index in [1.165, 1.54) is 0 Å². The van der Waals surface area contributed by atoms with Gasteiger partial charge >= 0.3 is 0 Å². The lowest BCUT2D eigenvalue weighted by molar-refractivity contribution is 0.0232. The molecule has 0 saturated heterocycles. The molecule has 19 heavy (non-hydrogen) atoms. The molecule has 5 heteroatoms. The summed E-state index contributed by atoms with van der Waals surface area (Å²) in [6.07, 6.45) is 1.81. The largest absolute Gasteiger partial charge is 0.507 e. The first-order chi connectivity index (χ1) is 9.01. The van der Waals surface area contributed by atoms with E-state index in [1.54, 1.807) is 0 Å². The van der Waals surface area contributed by atoms with Gasteiger partial charge in [0.1, 0.15) is 11.6 Å². The number of nitrogens with one attached hydrogen (secondary N) is 1. The number of halogens is 1. The number of amides is 1. The van der Waals surface area contributed by atoms with E-state index in [1.807, 2.05) is 6.92 Å². The second-order valence-corrected chi connectivity index (χ2v) is 5.03.